The molecule has 0 aliphatic carbocycles. The average molecular weight is 400 g/mol. The summed E-state index contributed by atoms with van der Waals surface area (Å²) in [6, 6.07) is 10.8. The number of carbonyl (C=O) groups excluding carboxylic acids is 1. The van der Waals surface area contributed by atoms with E-state index in [0.717, 1.165) is 16.9 Å². The maximum absolute atomic E-state index is 12.6. The van der Waals surface area contributed by atoms with Gasteiger partial charge in [0.2, 0.25) is 0 Å². The Labute approximate surface area is 168 Å². The van der Waals surface area contributed by atoms with Crippen molar-refractivity contribution in [1.82, 2.24) is 14.9 Å². The molecule has 2 aromatic carbocycles. The number of aromatic amines is 1. The summed E-state index contributed by atoms with van der Waals surface area (Å²) >= 11 is 6.00. The van der Waals surface area contributed by atoms with E-state index in [1.165, 1.54) is 0 Å². The first-order valence-corrected chi connectivity index (χ1v) is 9.42. The zero-order valence-electron chi connectivity index (χ0n) is 16.1. The Morgan fingerprint density at radius 2 is 1.93 bits per heavy atom. The van der Waals surface area contributed by atoms with Gasteiger partial charge in [0.25, 0.3) is 11.5 Å². The van der Waals surface area contributed by atoms with Crippen LogP contribution in [0.4, 0.5) is 0 Å². The van der Waals surface area contributed by atoms with Crippen molar-refractivity contribution in [1.29, 1.82) is 0 Å². The maximum Gasteiger partial charge on any atom is 0.260 e. The predicted molar refractivity (Wildman–Crippen MR) is 110 cm³/mol. The molecule has 7 heteroatoms. The number of amides is 1. The van der Waals surface area contributed by atoms with Gasteiger partial charge in [0.15, 0.2) is 6.61 Å². The molecule has 1 N–H and O–H groups in total. The molecule has 0 saturated heterocycles. The molecule has 0 spiro atoms. The second-order valence-corrected chi connectivity index (χ2v) is 7.03. The van der Waals surface area contributed by atoms with Gasteiger partial charge in [-0.15, -0.1) is 0 Å². The molecular weight excluding hydrogens is 378 g/mol. The minimum absolute atomic E-state index is 0.0802. The maximum atomic E-state index is 12.6. The van der Waals surface area contributed by atoms with Crippen molar-refractivity contribution in [2.45, 2.75) is 27.3 Å². The average Bonchev–Trinajstić information content (AvgIpc) is 2.65. The van der Waals surface area contributed by atoms with Gasteiger partial charge in [0.05, 0.1) is 17.4 Å². The number of likely N-dealkylation sites (N-methyl/N-ethyl adjacent to an activating group) is 1. The van der Waals surface area contributed by atoms with Crippen molar-refractivity contribution in [3.05, 3.63) is 68.7 Å². The summed E-state index contributed by atoms with van der Waals surface area (Å²) in [6.45, 7) is 6.32. The number of nitrogens with zero attached hydrogens (tertiary/aromatic N) is 2. The second kappa shape index (κ2) is 8.44. The zero-order valence-corrected chi connectivity index (χ0v) is 16.8. The standard InChI is InChI=1S/C21H22ClN3O3/c1-4-25(19(26)12-28-20-13(2)6-5-7-14(20)3)11-18-23-17-10-15(22)8-9-16(17)21(27)24-18/h5-10H,4,11-12H2,1-3H3,(H,23,24,27). The summed E-state index contributed by atoms with van der Waals surface area (Å²) in [6.07, 6.45) is 0. The molecule has 3 rings (SSSR count). The van der Waals surface area contributed by atoms with Crippen LogP contribution in [0, 0.1) is 13.8 Å². The number of carbonyl (C=O) groups is 1. The Balaban J connectivity index is 1.75. The molecule has 0 unspecified atom stereocenters. The number of fused-ring (bicyclic) bond motifs is 1. The monoisotopic (exact) mass is 399 g/mol. The van der Waals surface area contributed by atoms with Crippen LogP contribution in [0.3, 0.4) is 0 Å². The number of benzene rings is 2. The lowest BCUT2D eigenvalue weighted by Crippen LogP contribution is -2.35. The smallest absolute Gasteiger partial charge is 0.260 e. The quantitative estimate of drug-likeness (QED) is 0.686. The summed E-state index contributed by atoms with van der Waals surface area (Å²) in [5.74, 6) is 0.944. The van der Waals surface area contributed by atoms with Crippen LogP contribution in [0.15, 0.2) is 41.2 Å². The molecule has 1 amide bonds. The molecule has 0 aliphatic heterocycles. The highest BCUT2D eigenvalue weighted by Gasteiger charge is 2.16. The molecule has 146 valence electrons. The van der Waals surface area contributed by atoms with Crippen molar-refractivity contribution in [2.24, 2.45) is 0 Å². The van der Waals surface area contributed by atoms with Crippen LogP contribution in [-0.2, 0) is 11.3 Å². The number of halogens is 1. The lowest BCUT2D eigenvalue weighted by Gasteiger charge is -2.21. The fraction of sp³-hybridized carbons (Fsp3) is 0.286. The van der Waals surface area contributed by atoms with Crippen LogP contribution in [0.5, 0.6) is 5.75 Å². The van der Waals surface area contributed by atoms with Crippen molar-refractivity contribution in [3.63, 3.8) is 0 Å². The van der Waals surface area contributed by atoms with Gasteiger partial charge in [-0.05, 0) is 50.1 Å². The summed E-state index contributed by atoms with van der Waals surface area (Å²) in [4.78, 5) is 33.7. The molecule has 0 atom stereocenters. The van der Waals surface area contributed by atoms with E-state index in [4.69, 9.17) is 16.3 Å². The Morgan fingerprint density at radius 3 is 2.61 bits per heavy atom. The van der Waals surface area contributed by atoms with E-state index in [1.54, 1.807) is 23.1 Å². The van der Waals surface area contributed by atoms with Crippen LogP contribution in [-0.4, -0.2) is 33.9 Å². The molecule has 0 fully saturated rings. The molecule has 1 aromatic heterocycles. The van der Waals surface area contributed by atoms with Gasteiger partial charge in [-0.25, -0.2) is 4.98 Å². The van der Waals surface area contributed by atoms with E-state index in [9.17, 15) is 9.59 Å². The first-order valence-electron chi connectivity index (χ1n) is 9.04. The Bertz CT molecular complexity index is 1060. The topological polar surface area (TPSA) is 75.3 Å². The second-order valence-electron chi connectivity index (χ2n) is 6.59. The molecule has 0 bridgehead atoms. The number of ether oxygens (including phenoxy) is 1. The van der Waals surface area contributed by atoms with Crippen molar-refractivity contribution >= 4 is 28.4 Å². The highest BCUT2D eigenvalue weighted by molar-refractivity contribution is 6.31. The summed E-state index contributed by atoms with van der Waals surface area (Å²) in [5.41, 5.74) is 2.20. The van der Waals surface area contributed by atoms with Crippen LogP contribution >= 0.6 is 11.6 Å². The number of aryl methyl sites for hydroxylation is 2. The molecule has 0 aliphatic rings. The van der Waals surface area contributed by atoms with Gasteiger partial charge in [-0.1, -0.05) is 29.8 Å². The SMILES string of the molecule is CCN(Cc1nc2cc(Cl)ccc2c(=O)[nH]1)C(=O)COc1c(C)cccc1C. The van der Waals surface area contributed by atoms with Crippen LogP contribution in [0.25, 0.3) is 10.9 Å². The molecule has 1 heterocycles. The lowest BCUT2D eigenvalue weighted by molar-refractivity contribution is -0.133. The van der Waals surface area contributed by atoms with E-state index in [1.807, 2.05) is 39.0 Å². The van der Waals surface area contributed by atoms with Crippen molar-refractivity contribution in [2.75, 3.05) is 13.2 Å². The molecule has 6 nitrogen and oxygen atoms in total. The van der Waals surface area contributed by atoms with E-state index >= 15 is 0 Å². The molecule has 28 heavy (non-hydrogen) atoms. The Hall–Kier alpha value is -2.86. The lowest BCUT2D eigenvalue weighted by atomic mass is 10.1. The van der Waals surface area contributed by atoms with Gasteiger partial charge in [-0.2, -0.15) is 0 Å². The van der Waals surface area contributed by atoms with Crippen molar-refractivity contribution < 1.29 is 9.53 Å². The third-order valence-electron chi connectivity index (χ3n) is 4.54. The van der Waals surface area contributed by atoms with Crippen LogP contribution < -0.4 is 10.3 Å². The third kappa shape index (κ3) is 4.34. The van der Waals surface area contributed by atoms with Crippen LogP contribution in [0.1, 0.15) is 23.9 Å². The third-order valence-corrected chi connectivity index (χ3v) is 4.78. The van der Waals surface area contributed by atoms with Gasteiger partial charge >= 0.3 is 0 Å². The number of nitrogens with one attached hydrogen (secondary N) is 1. The fourth-order valence-electron chi connectivity index (χ4n) is 3.05. The van der Waals surface area contributed by atoms with Crippen LogP contribution in [0.2, 0.25) is 5.02 Å². The minimum atomic E-state index is -0.257. The first kappa shape index (κ1) is 19.9. The highest BCUT2D eigenvalue weighted by atomic mass is 35.5. The number of hydrogen-bond acceptors (Lipinski definition) is 4. The van der Waals surface area contributed by atoms with E-state index in [2.05, 4.69) is 9.97 Å². The number of para-hydroxylation sites is 1. The van der Waals surface area contributed by atoms with Gasteiger partial charge in [0, 0.05) is 11.6 Å². The summed E-state index contributed by atoms with van der Waals surface area (Å²) in [5, 5.41) is 0.961. The van der Waals surface area contributed by atoms with Gasteiger partial charge in [-0.3, -0.25) is 9.59 Å². The highest BCUT2D eigenvalue weighted by Crippen LogP contribution is 2.22. The normalized spacial score (nSPS) is 10.9. The van der Waals surface area contributed by atoms with E-state index in [-0.39, 0.29) is 24.6 Å². The number of rotatable bonds is 6. The van der Waals surface area contributed by atoms with Gasteiger partial charge in [0.1, 0.15) is 11.6 Å². The van der Waals surface area contributed by atoms with E-state index in [0.29, 0.717) is 28.3 Å². The summed E-state index contributed by atoms with van der Waals surface area (Å²) in [7, 11) is 0. The Kier molecular flexibility index (Phi) is 5.99. The largest absolute Gasteiger partial charge is 0.483 e. The number of aromatic nitrogens is 2. The van der Waals surface area contributed by atoms with E-state index < -0.39 is 0 Å². The zero-order chi connectivity index (χ0) is 20.3. The molecular formula is C21H22ClN3O3. The number of H-pyrrole nitrogens is 1. The van der Waals surface area contributed by atoms with Gasteiger partial charge < -0.3 is 14.6 Å². The Morgan fingerprint density at radius 1 is 1.21 bits per heavy atom. The first-order chi connectivity index (χ1) is 13.4. The minimum Gasteiger partial charge on any atom is -0.483 e. The number of hydrogen-bond donors (Lipinski definition) is 1. The van der Waals surface area contributed by atoms with Crippen molar-refractivity contribution in [3.8, 4) is 5.75 Å². The summed E-state index contributed by atoms with van der Waals surface area (Å²) < 4.78 is 5.76. The fourth-order valence-corrected chi connectivity index (χ4v) is 3.21. The molecule has 3 aromatic rings. The molecule has 0 saturated carbocycles. The molecule has 0 radical (unpaired) electrons. The predicted octanol–water partition coefficient (Wildman–Crippen LogP) is 3.62.